The third-order valence-corrected chi connectivity index (χ3v) is 6.42. The maximum atomic E-state index is 12.5. The number of rotatable bonds is 8. The molecule has 3 aromatic rings. The fourth-order valence-corrected chi connectivity index (χ4v) is 4.50. The summed E-state index contributed by atoms with van der Waals surface area (Å²) in [5.74, 6) is 1.71. The minimum atomic E-state index is 0.0419. The van der Waals surface area contributed by atoms with Gasteiger partial charge in [-0.05, 0) is 55.5 Å². The summed E-state index contributed by atoms with van der Waals surface area (Å²) in [6.07, 6.45) is 2.82. The first-order valence-electron chi connectivity index (χ1n) is 11.7. The van der Waals surface area contributed by atoms with Crippen molar-refractivity contribution in [2.24, 2.45) is 5.92 Å². The lowest BCUT2D eigenvalue weighted by molar-refractivity contribution is -0.122. The molecule has 2 atom stereocenters. The molecule has 1 aliphatic heterocycles. The highest BCUT2D eigenvalue weighted by Gasteiger charge is 2.27. The average molecular weight is 449 g/mol. The minimum absolute atomic E-state index is 0.0419. The number of hydrogen-bond acceptors (Lipinski definition) is 6. The average Bonchev–Trinajstić information content (AvgIpc) is 3.26. The Labute approximate surface area is 194 Å². The zero-order valence-electron chi connectivity index (χ0n) is 19.3. The van der Waals surface area contributed by atoms with Crippen molar-refractivity contribution in [1.29, 1.82) is 0 Å². The Kier molecular flexibility index (Phi) is 7.08. The highest BCUT2D eigenvalue weighted by Crippen LogP contribution is 2.33. The van der Waals surface area contributed by atoms with Crippen molar-refractivity contribution in [3.63, 3.8) is 0 Å². The number of aromatic nitrogens is 2. The summed E-state index contributed by atoms with van der Waals surface area (Å²) < 4.78 is 0. The van der Waals surface area contributed by atoms with Gasteiger partial charge in [0.05, 0.1) is 11.1 Å². The number of phenolic OH excluding ortho intramolecular Hbond substituents is 1. The Morgan fingerprint density at radius 3 is 2.82 bits per heavy atom. The zero-order chi connectivity index (χ0) is 23.4. The van der Waals surface area contributed by atoms with Crippen LogP contribution in [0.25, 0.3) is 22.3 Å². The Morgan fingerprint density at radius 2 is 2.06 bits per heavy atom. The molecule has 0 radical (unpaired) electrons. The van der Waals surface area contributed by atoms with Crippen LogP contribution in [0.4, 0.5) is 5.82 Å². The van der Waals surface area contributed by atoms with Crippen LogP contribution in [0.1, 0.15) is 38.2 Å². The quantitative estimate of drug-likeness (QED) is 0.485. The van der Waals surface area contributed by atoms with Gasteiger partial charge in [-0.2, -0.15) is 0 Å². The molecule has 4 rings (SSSR count). The summed E-state index contributed by atoms with van der Waals surface area (Å²) in [6, 6.07) is 13.3. The van der Waals surface area contributed by atoms with Crippen molar-refractivity contribution >= 4 is 22.6 Å². The molecule has 33 heavy (non-hydrogen) atoms. The number of aryl methyl sites for hydroxylation is 1. The summed E-state index contributed by atoms with van der Waals surface area (Å²) in [5, 5.41) is 23.7. The van der Waals surface area contributed by atoms with Gasteiger partial charge in [0.2, 0.25) is 5.91 Å². The van der Waals surface area contributed by atoms with E-state index in [1.165, 1.54) is 0 Å². The Hall–Kier alpha value is -3.19. The number of benzene rings is 2. The Bertz CT molecular complexity index is 1130. The van der Waals surface area contributed by atoms with E-state index < -0.39 is 0 Å². The maximum Gasteiger partial charge on any atom is 0.220 e. The summed E-state index contributed by atoms with van der Waals surface area (Å²) >= 11 is 0. The van der Waals surface area contributed by atoms with Gasteiger partial charge in [-0.15, -0.1) is 0 Å². The SMILES string of the molecule is CCC(CCO)CC(=O)NC1CCN(c2nc(-c3ccccc3O)nc3cc(C)ccc23)C1. The van der Waals surface area contributed by atoms with Crippen LogP contribution in [0, 0.1) is 12.8 Å². The number of amides is 1. The van der Waals surface area contributed by atoms with E-state index in [1.54, 1.807) is 12.1 Å². The molecule has 1 saturated heterocycles. The number of aliphatic hydroxyl groups excluding tert-OH is 1. The smallest absolute Gasteiger partial charge is 0.220 e. The molecule has 7 nitrogen and oxygen atoms in total. The number of aliphatic hydroxyl groups is 1. The van der Waals surface area contributed by atoms with E-state index in [9.17, 15) is 15.0 Å². The van der Waals surface area contributed by atoms with Crippen molar-refractivity contribution in [1.82, 2.24) is 15.3 Å². The number of fused-ring (bicyclic) bond motifs is 1. The molecule has 0 aliphatic carbocycles. The number of nitrogens with zero attached hydrogens (tertiary/aromatic N) is 3. The van der Waals surface area contributed by atoms with Crippen molar-refractivity contribution in [3.8, 4) is 17.1 Å². The molecule has 174 valence electrons. The highest BCUT2D eigenvalue weighted by molar-refractivity contribution is 5.92. The van der Waals surface area contributed by atoms with Crippen molar-refractivity contribution in [2.45, 2.75) is 45.6 Å². The third kappa shape index (κ3) is 5.25. The first-order valence-corrected chi connectivity index (χ1v) is 11.7. The zero-order valence-corrected chi connectivity index (χ0v) is 19.3. The largest absolute Gasteiger partial charge is 0.507 e. The van der Waals surface area contributed by atoms with Gasteiger partial charge in [-0.25, -0.2) is 9.97 Å². The van der Waals surface area contributed by atoms with Gasteiger partial charge in [-0.1, -0.05) is 31.5 Å². The molecule has 2 heterocycles. The summed E-state index contributed by atoms with van der Waals surface area (Å²) in [6.45, 7) is 5.64. The number of carbonyl (C=O) groups excluding carboxylic acids is 1. The molecule has 0 spiro atoms. The van der Waals surface area contributed by atoms with Crippen LogP contribution in [0.5, 0.6) is 5.75 Å². The molecule has 3 N–H and O–H groups in total. The van der Waals surface area contributed by atoms with Crippen LogP contribution in [0.3, 0.4) is 0 Å². The molecule has 0 bridgehead atoms. The Balaban J connectivity index is 1.58. The van der Waals surface area contributed by atoms with Crippen molar-refractivity contribution < 1.29 is 15.0 Å². The fourth-order valence-electron chi connectivity index (χ4n) is 4.50. The molecule has 7 heteroatoms. The van der Waals surface area contributed by atoms with E-state index in [4.69, 9.17) is 9.97 Å². The molecule has 1 amide bonds. The van der Waals surface area contributed by atoms with Crippen LogP contribution in [0.15, 0.2) is 42.5 Å². The first kappa shape index (κ1) is 23.0. The molecule has 1 aromatic heterocycles. The van der Waals surface area contributed by atoms with Crippen LogP contribution in [-0.2, 0) is 4.79 Å². The molecule has 0 saturated carbocycles. The second-order valence-electron chi connectivity index (χ2n) is 8.90. The van der Waals surface area contributed by atoms with Crippen LogP contribution in [0.2, 0.25) is 0 Å². The maximum absolute atomic E-state index is 12.5. The number of nitrogens with one attached hydrogen (secondary N) is 1. The van der Waals surface area contributed by atoms with E-state index in [-0.39, 0.29) is 30.2 Å². The lowest BCUT2D eigenvalue weighted by atomic mass is 9.98. The van der Waals surface area contributed by atoms with E-state index in [1.807, 2.05) is 31.2 Å². The normalized spacial score (nSPS) is 16.8. The molecular weight excluding hydrogens is 416 g/mol. The Morgan fingerprint density at radius 1 is 1.24 bits per heavy atom. The van der Waals surface area contributed by atoms with Crippen LogP contribution in [-0.4, -0.2) is 51.8 Å². The fraction of sp³-hybridized carbons (Fsp3) is 0.423. The summed E-state index contributed by atoms with van der Waals surface area (Å²) in [5.41, 5.74) is 2.54. The van der Waals surface area contributed by atoms with Crippen LogP contribution >= 0.6 is 0 Å². The third-order valence-electron chi connectivity index (χ3n) is 6.42. The predicted octanol–water partition coefficient (Wildman–Crippen LogP) is 3.80. The molecule has 2 aromatic carbocycles. The number of aromatic hydroxyl groups is 1. The molecule has 1 aliphatic rings. The lowest BCUT2D eigenvalue weighted by Gasteiger charge is -2.21. The topological polar surface area (TPSA) is 98.6 Å². The first-order chi connectivity index (χ1) is 16.0. The highest BCUT2D eigenvalue weighted by atomic mass is 16.3. The van der Waals surface area contributed by atoms with Gasteiger partial charge in [0.1, 0.15) is 11.6 Å². The molecule has 2 unspecified atom stereocenters. The second kappa shape index (κ2) is 10.2. The van der Waals surface area contributed by atoms with Gasteiger partial charge >= 0.3 is 0 Å². The van der Waals surface area contributed by atoms with E-state index in [0.717, 1.165) is 41.7 Å². The number of para-hydroxylation sites is 1. The number of hydrogen-bond donors (Lipinski definition) is 3. The van der Waals surface area contributed by atoms with E-state index in [2.05, 4.69) is 23.2 Å². The van der Waals surface area contributed by atoms with E-state index >= 15 is 0 Å². The molecule has 1 fully saturated rings. The number of anilines is 1. The predicted molar refractivity (Wildman–Crippen MR) is 130 cm³/mol. The lowest BCUT2D eigenvalue weighted by Crippen LogP contribution is -2.38. The van der Waals surface area contributed by atoms with Gasteiger partial charge < -0.3 is 20.4 Å². The minimum Gasteiger partial charge on any atom is -0.507 e. The van der Waals surface area contributed by atoms with Crippen molar-refractivity contribution in [2.75, 3.05) is 24.6 Å². The van der Waals surface area contributed by atoms with Gasteiger partial charge in [0.15, 0.2) is 5.82 Å². The second-order valence-corrected chi connectivity index (χ2v) is 8.90. The summed E-state index contributed by atoms with van der Waals surface area (Å²) in [4.78, 5) is 24.3. The number of phenols is 1. The van der Waals surface area contributed by atoms with Gasteiger partial charge in [0, 0.05) is 37.5 Å². The van der Waals surface area contributed by atoms with Crippen molar-refractivity contribution in [3.05, 3.63) is 48.0 Å². The summed E-state index contributed by atoms with van der Waals surface area (Å²) in [7, 11) is 0. The van der Waals surface area contributed by atoms with Gasteiger partial charge in [-0.3, -0.25) is 4.79 Å². The van der Waals surface area contributed by atoms with E-state index in [0.29, 0.717) is 30.8 Å². The van der Waals surface area contributed by atoms with Crippen LogP contribution < -0.4 is 10.2 Å². The standard InChI is InChI=1S/C26H32N4O3/c1-3-18(11-13-31)15-24(33)27-19-10-12-30(16-19)26-20-9-8-17(2)14-22(20)28-25(29-26)21-6-4-5-7-23(21)32/h4-9,14,18-19,31-32H,3,10-13,15-16H2,1-2H3,(H,27,33). The monoisotopic (exact) mass is 448 g/mol. The number of carbonyl (C=O) groups is 1. The molecular formula is C26H32N4O3. The van der Waals surface area contributed by atoms with Gasteiger partial charge in [0.25, 0.3) is 0 Å².